The minimum absolute atomic E-state index is 0.939. The molecule has 0 radical (unpaired) electrons. The third-order valence-electron chi connectivity index (χ3n) is 2.67. The highest BCUT2D eigenvalue weighted by atomic mass is 32.2. The quantitative estimate of drug-likeness (QED) is 0.603. The predicted molar refractivity (Wildman–Crippen MR) is 87.1 cm³/mol. The van der Waals surface area contributed by atoms with Crippen LogP contribution in [-0.2, 0) is 6.54 Å². The Labute approximate surface area is 124 Å². The van der Waals surface area contributed by atoms with Gasteiger partial charge in [0, 0.05) is 27.8 Å². The number of nitrogens with one attached hydrogen (secondary N) is 1. The van der Waals surface area contributed by atoms with Crippen LogP contribution in [0.4, 0.5) is 0 Å². The molecule has 0 atom stereocenters. The Hall–Kier alpha value is -0.900. The van der Waals surface area contributed by atoms with Crippen LogP contribution < -0.4 is 5.32 Å². The van der Waals surface area contributed by atoms with Gasteiger partial charge >= 0.3 is 0 Å². The highest BCUT2D eigenvalue weighted by Crippen LogP contribution is 2.23. The second-order valence-corrected chi connectivity index (χ2v) is 6.52. The third kappa shape index (κ3) is 5.31. The molecule has 100 valence electrons. The van der Waals surface area contributed by atoms with Crippen molar-refractivity contribution in [3.63, 3.8) is 0 Å². The van der Waals surface area contributed by atoms with Gasteiger partial charge in [-0.2, -0.15) is 0 Å². The molecule has 0 heterocycles. The van der Waals surface area contributed by atoms with Gasteiger partial charge in [0.1, 0.15) is 0 Å². The second kappa shape index (κ2) is 8.31. The highest BCUT2D eigenvalue weighted by molar-refractivity contribution is 8.03. The first-order valence-electron chi connectivity index (χ1n) is 6.42. The summed E-state index contributed by atoms with van der Waals surface area (Å²) in [4.78, 5) is 2.71. The Morgan fingerprint density at radius 1 is 0.789 bits per heavy atom. The third-order valence-corrected chi connectivity index (χ3v) is 4.95. The zero-order chi connectivity index (χ0) is 13.3. The summed E-state index contributed by atoms with van der Waals surface area (Å²) in [5.74, 6) is 2.29. The molecule has 0 spiro atoms. The monoisotopic (exact) mass is 289 g/mol. The van der Waals surface area contributed by atoms with Gasteiger partial charge < -0.3 is 5.32 Å². The number of hydrogen-bond acceptors (Lipinski definition) is 3. The normalized spacial score (nSPS) is 10.6. The summed E-state index contributed by atoms with van der Waals surface area (Å²) in [6.07, 6.45) is 0. The first kappa shape index (κ1) is 14.5. The van der Waals surface area contributed by atoms with E-state index in [9.17, 15) is 0 Å². The van der Waals surface area contributed by atoms with E-state index in [1.165, 1.54) is 15.4 Å². The zero-order valence-electron chi connectivity index (χ0n) is 11.1. The van der Waals surface area contributed by atoms with Gasteiger partial charge in [-0.3, -0.25) is 0 Å². The minimum atomic E-state index is 0.939. The van der Waals surface area contributed by atoms with E-state index in [4.69, 9.17) is 0 Å². The van der Waals surface area contributed by atoms with Gasteiger partial charge in [0.15, 0.2) is 0 Å². The van der Waals surface area contributed by atoms with Crippen molar-refractivity contribution in [3.8, 4) is 0 Å². The van der Waals surface area contributed by atoms with Crippen LogP contribution in [0.15, 0.2) is 64.4 Å². The summed E-state index contributed by atoms with van der Waals surface area (Å²) in [5.41, 5.74) is 1.34. The molecule has 0 saturated carbocycles. The van der Waals surface area contributed by atoms with Gasteiger partial charge in [-0.25, -0.2) is 0 Å². The standard InChI is InChI=1S/C16H19NS2/c1-17-13-14-7-9-16(10-8-14)19-12-11-18-15-5-3-2-4-6-15/h2-10,17H,11-13H2,1H3. The fraction of sp³-hybridized carbons (Fsp3) is 0.250. The summed E-state index contributed by atoms with van der Waals surface area (Å²) in [6.45, 7) is 0.939. The summed E-state index contributed by atoms with van der Waals surface area (Å²) < 4.78 is 0. The van der Waals surface area contributed by atoms with Crippen LogP contribution in [-0.4, -0.2) is 18.6 Å². The summed E-state index contributed by atoms with van der Waals surface area (Å²) in [5, 5.41) is 3.16. The molecule has 3 heteroatoms. The molecule has 2 aromatic carbocycles. The second-order valence-electron chi connectivity index (χ2n) is 4.18. The van der Waals surface area contributed by atoms with Gasteiger partial charge in [0.2, 0.25) is 0 Å². The highest BCUT2D eigenvalue weighted by Gasteiger charge is 1.97. The fourth-order valence-corrected chi connectivity index (χ4v) is 3.56. The lowest BCUT2D eigenvalue weighted by atomic mass is 10.2. The van der Waals surface area contributed by atoms with Crippen molar-refractivity contribution in [2.75, 3.05) is 18.6 Å². The first-order chi connectivity index (χ1) is 9.38. The molecule has 0 saturated heterocycles. The molecule has 19 heavy (non-hydrogen) atoms. The maximum absolute atomic E-state index is 3.16. The van der Waals surface area contributed by atoms with Crippen LogP contribution in [0.25, 0.3) is 0 Å². The zero-order valence-corrected chi connectivity index (χ0v) is 12.8. The van der Waals surface area contributed by atoms with E-state index in [1.807, 2.05) is 30.6 Å². The van der Waals surface area contributed by atoms with Crippen LogP contribution in [0.2, 0.25) is 0 Å². The van der Waals surface area contributed by atoms with Gasteiger partial charge in [-0.1, -0.05) is 30.3 Å². The average molecular weight is 289 g/mol. The van der Waals surface area contributed by atoms with Crippen molar-refractivity contribution in [2.45, 2.75) is 16.3 Å². The Balaban J connectivity index is 1.70. The number of benzene rings is 2. The first-order valence-corrected chi connectivity index (χ1v) is 8.40. The number of thioether (sulfide) groups is 2. The molecule has 2 rings (SSSR count). The molecule has 0 aliphatic heterocycles. The Kier molecular flexibility index (Phi) is 6.34. The van der Waals surface area contributed by atoms with E-state index in [0.717, 1.165) is 18.1 Å². The number of rotatable bonds is 7. The Morgan fingerprint density at radius 3 is 1.95 bits per heavy atom. The topological polar surface area (TPSA) is 12.0 Å². The Morgan fingerprint density at radius 2 is 1.37 bits per heavy atom. The van der Waals surface area contributed by atoms with Crippen molar-refractivity contribution in [1.82, 2.24) is 5.32 Å². The van der Waals surface area contributed by atoms with Crippen LogP contribution in [0.1, 0.15) is 5.56 Å². The maximum atomic E-state index is 3.16. The molecule has 0 unspecified atom stereocenters. The maximum Gasteiger partial charge on any atom is 0.0202 e. The van der Waals surface area contributed by atoms with Crippen LogP contribution in [0, 0.1) is 0 Å². The molecule has 1 N–H and O–H groups in total. The lowest BCUT2D eigenvalue weighted by molar-refractivity contribution is 0.817. The predicted octanol–water partition coefficient (Wildman–Crippen LogP) is 4.29. The summed E-state index contributed by atoms with van der Waals surface area (Å²) in [6, 6.07) is 19.4. The molecule has 0 aromatic heterocycles. The SMILES string of the molecule is CNCc1ccc(SCCSc2ccccc2)cc1. The molecule has 0 bridgehead atoms. The van der Waals surface area contributed by atoms with Gasteiger partial charge in [-0.15, -0.1) is 23.5 Å². The van der Waals surface area contributed by atoms with Gasteiger partial charge in [0.25, 0.3) is 0 Å². The van der Waals surface area contributed by atoms with Crippen LogP contribution in [0.5, 0.6) is 0 Å². The largest absolute Gasteiger partial charge is 0.316 e. The smallest absolute Gasteiger partial charge is 0.0202 e. The van der Waals surface area contributed by atoms with Gasteiger partial charge in [0.05, 0.1) is 0 Å². The van der Waals surface area contributed by atoms with Crippen LogP contribution >= 0.6 is 23.5 Å². The van der Waals surface area contributed by atoms with Gasteiger partial charge in [-0.05, 0) is 36.9 Å². The molecule has 0 fully saturated rings. The molecular weight excluding hydrogens is 270 g/mol. The van der Waals surface area contributed by atoms with E-state index in [2.05, 4.69) is 59.9 Å². The Bertz CT molecular complexity index is 468. The van der Waals surface area contributed by atoms with Crippen molar-refractivity contribution < 1.29 is 0 Å². The van der Waals surface area contributed by atoms with E-state index >= 15 is 0 Å². The summed E-state index contributed by atoms with van der Waals surface area (Å²) >= 11 is 3.85. The molecule has 2 aromatic rings. The minimum Gasteiger partial charge on any atom is -0.316 e. The van der Waals surface area contributed by atoms with E-state index in [0.29, 0.717) is 0 Å². The van der Waals surface area contributed by atoms with Crippen molar-refractivity contribution >= 4 is 23.5 Å². The van der Waals surface area contributed by atoms with E-state index < -0.39 is 0 Å². The molecule has 0 amide bonds. The lowest BCUT2D eigenvalue weighted by Crippen LogP contribution is -2.04. The number of hydrogen-bond donors (Lipinski definition) is 1. The molecule has 1 nitrogen and oxygen atoms in total. The van der Waals surface area contributed by atoms with E-state index in [1.54, 1.807) is 0 Å². The fourth-order valence-electron chi connectivity index (χ4n) is 1.74. The van der Waals surface area contributed by atoms with Crippen LogP contribution in [0.3, 0.4) is 0 Å². The van der Waals surface area contributed by atoms with Crippen molar-refractivity contribution in [3.05, 3.63) is 60.2 Å². The van der Waals surface area contributed by atoms with E-state index in [-0.39, 0.29) is 0 Å². The molecular formula is C16H19NS2. The summed E-state index contributed by atoms with van der Waals surface area (Å²) in [7, 11) is 1.98. The lowest BCUT2D eigenvalue weighted by Gasteiger charge is -2.04. The van der Waals surface area contributed by atoms with Crippen molar-refractivity contribution in [1.29, 1.82) is 0 Å². The van der Waals surface area contributed by atoms with Crippen molar-refractivity contribution in [2.24, 2.45) is 0 Å². The molecule has 0 aliphatic rings. The molecule has 0 aliphatic carbocycles. The average Bonchev–Trinajstić information content (AvgIpc) is 2.47.